The van der Waals surface area contributed by atoms with Crippen molar-refractivity contribution in [2.45, 2.75) is 58.4 Å². The molecule has 2 aromatic carbocycles. The quantitative estimate of drug-likeness (QED) is 0.672. The Bertz CT molecular complexity index is 1060. The molecule has 1 amide bonds. The van der Waals surface area contributed by atoms with Gasteiger partial charge in [-0.15, -0.1) is 0 Å². The number of sulfonamides is 1. The Kier molecular flexibility index (Phi) is 7.62. The normalized spacial score (nSPS) is 16.5. The molecule has 0 spiro atoms. The number of nitrogens with one attached hydrogen (secondary N) is 1. The minimum absolute atomic E-state index is 0.00626. The molecule has 7 heteroatoms. The van der Waals surface area contributed by atoms with Gasteiger partial charge >= 0.3 is 0 Å². The largest absolute Gasteiger partial charge is 0.494 e. The first-order valence-electron chi connectivity index (χ1n) is 11.2. The Hall–Kier alpha value is -2.38. The lowest BCUT2D eigenvalue weighted by Crippen LogP contribution is -2.43. The van der Waals surface area contributed by atoms with Crippen LogP contribution in [0, 0.1) is 26.7 Å². The maximum Gasteiger partial charge on any atom is 0.243 e. The van der Waals surface area contributed by atoms with Gasteiger partial charge in [0.25, 0.3) is 0 Å². The summed E-state index contributed by atoms with van der Waals surface area (Å²) in [4.78, 5) is 13.1. The van der Waals surface area contributed by atoms with Gasteiger partial charge in [-0.1, -0.05) is 12.1 Å². The molecule has 1 aliphatic rings. The summed E-state index contributed by atoms with van der Waals surface area (Å²) in [6, 6.07) is 10.7. The second-order valence-corrected chi connectivity index (χ2v) is 10.5. The number of ether oxygens (including phenoxy) is 1. The van der Waals surface area contributed by atoms with Crippen molar-refractivity contribution in [3.8, 4) is 5.75 Å². The number of piperidine rings is 1. The topological polar surface area (TPSA) is 75.7 Å². The Morgan fingerprint density at radius 1 is 1.06 bits per heavy atom. The molecule has 0 aliphatic carbocycles. The number of nitrogens with zero attached hydrogens (tertiary/aromatic N) is 1. The zero-order valence-electron chi connectivity index (χ0n) is 19.6. The molecule has 32 heavy (non-hydrogen) atoms. The van der Waals surface area contributed by atoms with Gasteiger partial charge in [0.1, 0.15) is 5.75 Å². The van der Waals surface area contributed by atoms with Crippen molar-refractivity contribution in [3.63, 3.8) is 0 Å². The molecule has 0 saturated carbocycles. The summed E-state index contributed by atoms with van der Waals surface area (Å²) >= 11 is 0. The van der Waals surface area contributed by atoms with Gasteiger partial charge in [-0.05, 0) is 94.0 Å². The van der Waals surface area contributed by atoms with Crippen molar-refractivity contribution >= 4 is 15.9 Å². The second-order valence-electron chi connectivity index (χ2n) is 8.61. The lowest BCUT2D eigenvalue weighted by Gasteiger charge is -2.31. The van der Waals surface area contributed by atoms with Crippen LogP contribution in [0.25, 0.3) is 0 Å². The van der Waals surface area contributed by atoms with Crippen molar-refractivity contribution in [1.29, 1.82) is 0 Å². The van der Waals surface area contributed by atoms with Crippen LogP contribution in [0.15, 0.2) is 41.3 Å². The number of hydrogen-bond donors (Lipinski definition) is 1. The summed E-state index contributed by atoms with van der Waals surface area (Å²) in [5, 5.41) is 3.14. The molecule has 6 nitrogen and oxygen atoms in total. The molecule has 1 fully saturated rings. The van der Waals surface area contributed by atoms with E-state index in [1.807, 2.05) is 13.8 Å². The molecule has 174 valence electrons. The highest BCUT2D eigenvalue weighted by Gasteiger charge is 2.32. The fraction of sp³-hybridized carbons (Fsp3) is 0.480. The number of amides is 1. The SMILES string of the molecule is CCOc1ccc(S(=O)(=O)N2CCC(C(=O)N[C@@H](C)c3cc(C)c(C)cc3C)CC2)cc1. The van der Waals surface area contributed by atoms with Crippen LogP contribution in [0.3, 0.4) is 0 Å². The van der Waals surface area contributed by atoms with Gasteiger partial charge < -0.3 is 10.1 Å². The summed E-state index contributed by atoms with van der Waals surface area (Å²) in [6.07, 6.45) is 1.03. The van der Waals surface area contributed by atoms with E-state index < -0.39 is 10.0 Å². The lowest BCUT2D eigenvalue weighted by atomic mass is 9.94. The van der Waals surface area contributed by atoms with E-state index >= 15 is 0 Å². The van der Waals surface area contributed by atoms with E-state index in [0.717, 1.165) is 11.1 Å². The highest BCUT2D eigenvalue weighted by molar-refractivity contribution is 7.89. The molecule has 0 bridgehead atoms. The first kappa shape index (κ1) is 24.3. The molecule has 1 N–H and O–H groups in total. The van der Waals surface area contributed by atoms with Crippen LogP contribution in [-0.4, -0.2) is 38.3 Å². The first-order chi connectivity index (χ1) is 15.1. The van der Waals surface area contributed by atoms with Crippen LogP contribution in [0.1, 0.15) is 55.0 Å². The third-order valence-electron chi connectivity index (χ3n) is 6.30. The van der Waals surface area contributed by atoms with E-state index in [0.29, 0.717) is 38.3 Å². The minimum Gasteiger partial charge on any atom is -0.494 e. The minimum atomic E-state index is -3.58. The highest BCUT2D eigenvalue weighted by Crippen LogP contribution is 2.27. The smallest absolute Gasteiger partial charge is 0.243 e. The van der Waals surface area contributed by atoms with E-state index in [4.69, 9.17) is 4.74 Å². The predicted octanol–water partition coefficient (Wildman–Crippen LogP) is 4.29. The van der Waals surface area contributed by atoms with Crippen LogP contribution >= 0.6 is 0 Å². The van der Waals surface area contributed by atoms with E-state index in [2.05, 4.69) is 38.2 Å². The van der Waals surface area contributed by atoms with Crippen LogP contribution < -0.4 is 10.1 Å². The van der Waals surface area contributed by atoms with E-state index in [-0.39, 0.29) is 22.8 Å². The zero-order valence-corrected chi connectivity index (χ0v) is 20.5. The fourth-order valence-corrected chi connectivity index (χ4v) is 5.71. The van der Waals surface area contributed by atoms with Crippen molar-refractivity contribution in [1.82, 2.24) is 9.62 Å². The molecule has 2 aromatic rings. The molecule has 1 aliphatic heterocycles. The van der Waals surface area contributed by atoms with Gasteiger partial charge in [0.15, 0.2) is 0 Å². The van der Waals surface area contributed by atoms with Crippen molar-refractivity contribution in [2.24, 2.45) is 5.92 Å². The second kappa shape index (κ2) is 10.0. The average molecular weight is 459 g/mol. The average Bonchev–Trinajstić information content (AvgIpc) is 2.77. The van der Waals surface area contributed by atoms with E-state index in [1.54, 1.807) is 24.3 Å². The molecule has 1 heterocycles. The molecule has 1 saturated heterocycles. The van der Waals surface area contributed by atoms with Crippen LogP contribution in [0.4, 0.5) is 0 Å². The predicted molar refractivity (Wildman–Crippen MR) is 126 cm³/mol. The molecule has 0 aromatic heterocycles. The summed E-state index contributed by atoms with van der Waals surface area (Å²) in [5.74, 6) is 0.458. The standard InChI is InChI=1S/C25H34N2O4S/c1-6-31-22-7-9-23(10-8-22)32(29,30)27-13-11-21(12-14-27)25(28)26-20(5)24-16-18(3)17(2)15-19(24)4/h7-10,15-16,20-21H,6,11-14H2,1-5H3,(H,26,28)/t20-/m0/s1. The Labute approximate surface area is 192 Å². The number of carbonyl (C=O) groups excluding carboxylic acids is 1. The Morgan fingerprint density at radius 2 is 1.66 bits per heavy atom. The Balaban J connectivity index is 1.60. The van der Waals surface area contributed by atoms with Gasteiger partial charge in [-0.2, -0.15) is 4.31 Å². The zero-order chi connectivity index (χ0) is 23.5. The maximum atomic E-state index is 13.0. The van der Waals surface area contributed by atoms with Gasteiger partial charge in [-0.3, -0.25) is 4.79 Å². The van der Waals surface area contributed by atoms with Gasteiger partial charge in [-0.25, -0.2) is 8.42 Å². The molecule has 0 unspecified atom stereocenters. The highest BCUT2D eigenvalue weighted by atomic mass is 32.2. The number of hydrogen-bond acceptors (Lipinski definition) is 4. The van der Waals surface area contributed by atoms with Crippen LogP contribution in [-0.2, 0) is 14.8 Å². The number of aryl methyl sites for hydroxylation is 3. The van der Waals surface area contributed by atoms with Crippen LogP contribution in [0.2, 0.25) is 0 Å². The van der Waals surface area contributed by atoms with E-state index in [1.165, 1.54) is 15.4 Å². The third kappa shape index (κ3) is 5.33. The summed E-state index contributed by atoms with van der Waals surface area (Å²) in [5.41, 5.74) is 4.74. The van der Waals surface area contributed by atoms with Crippen molar-refractivity contribution in [2.75, 3.05) is 19.7 Å². The third-order valence-corrected chi connectivity index (χ3v) is 8.22. The number of benzene rings is 2. The van der Waals surface area contributed by atoms with Crippen molar-refractivity contribution in [3.05, 3.63) is 58.7 Å². The molecular weight excluding hydrogens is 424 g/mol. The first-order valence-corrected chi connectivity index (χ1v) is 12.7. The number of rotatable bonds is 7. The lowest BCUT2D eigenvalue weighted by molar-refractivity contribution is -0.126. The van der Waals surface area contributed by atoms with Gasteiger partial charge in [0.2, 0.25) is 15.9 Å². The van der Waals surface area contributed by atoms with Crippen LogP contribution in [0.5, 0.6) is 5.75 Å². The summed E-state index contributed by atoms with van der Waals surface area (Å²) < 4.78 is 32.8. The monoisotopic (exact) mass is 458 g/mol. The van der Waals surface area contributed by atoms with E-state index in [9.17, 15) is 13.2 Å². The van der Waals surface area contributed by atoms with Crippen molar-refractivity contribution < 1.29 is 17.9 Å². The van der Waals surface area contributed by atoms with Gasteiger partial charge in [0.05, 0.1) is 17.5 Å². The molecule has 0 radical (unpaired) electrons. The fourth-order valence-electron chi connectivity index (χ4n) is 4.24. The molecule has 1 atom stereocenters. The Morgan fingerprint density at radius 3 is 2.25 bits per heavy atom. The van der Waals surface area contributed by atoms with Gasteiger partial charge in [0, 0.05) is 19.0 Å². The molecule has 3 rings (SSSR count). The number of carbonyl (C=O) groups is 1. The summed E-state index contributed by atoms with van der Waals surface area (Å²) in [7, 11) is -3.58. The maximum absolute atomic E-state index is 13.0. The summed E-state index contributed by atoms with van der Waals surface area (Å²) in [6.45, 7) is 11.3. The molecular formula is C25H34N2O4S.